The summed E-state index contributed by atoms with van der Waals surface area (Å²) in [5, 5.41) is 3.11. The molecule has 1 atom stereocenters. The molecule has 1 aliphatic carbocycles. The molecule has 1 aliphatic rings. The summed E-state index contributed by atoms with van der Waals surface area (Å²) in [4.78, 5) is 17.4. The van der Waals surface area contributed by atoms with Gasteiger partial charge < -0.3 is 14.5 Å². The van der Waals surface area contributed by atoms with Crippen molar-refractivity contribution in [2.45, 2.75) is 32.6 Å². The normalized spacial score (nSPS) is 16.1. The number of imidazole rings is 1. The standard InChI is InChI=1S/C22H25N3O2/c1-15-10-12-25-19-14-17(7-8-18(19)24-21(25)13-15)22(26)23-11-9-16-5-3-4-6-20(16)27-2/h3-6,10,12-13,17H,7-9,11,14H2,1-2H3,(H,23,26). The van der Waals surface area contributed by atoms with Crippen molar-refractivity contribution in [3.8, 4) is 5.75 Å². The van der Waals surface area contributed by atoms with Crippen molar-refractivity contribution in [1.29, 1.82) is 0 Å². The summed E-state index contributed by atoms with van der Waals surface area (Å²) in [5.74, 6) is 1.02. The molecular weight excluding hydrogens is 338 g/mol. The van der Waals surface area contributed by atoms with Crippen LogP contribution in [0, 0.1) is 12.8 Å². The van der Waals surface area contributed by atoms with Crippen molar-refractivity contribution in [1.82, 2.24) is 14.7 Å². The summed E-state index contributed by atoms with van der Waals surface area (Å²) in [6, 6.07) is 12.1. The highest BCUT2D eigenvalue weighted by Crippen LogP contribution is 2.27. The van der Waals surface area contributed by atoms with Crippen molar-refractivity contribution in [2.24, 2.45) is 5.92 Å². The summed E-state index contributed by atoms with van der Waals surface area (Å²) in [6.07, 6.45) is 5.30. The molecule has 1 amide bonds. The average Bonchev–Trinajstić information content (AvgIpc) is 3.04. The quantitative estimate of drug-likeness (QED) is 0.758. The van der Waals surface area contributed by atoms with E-state index in [1.54, 1.807) is 7.11 Å². The topological polar surface area (TPSA) is 55.6 Å². The second-order valence-electron chi connectivity index (χ2n) is 7.23. The minimum Gasteiger partial charge on any atom is -0.496 e. The zero-order valence-corrected chi connectivity index (χ0v) is 15.9. The summed E-state index contributed by atoms with van der Waals surface area (Å²) in [5.41, 5.74) is 5.62. The van der Waals surface area contributed by atoms with E-state index in [0.29, 0.717) is 6.54 Å². The molecule has 0 saturated carbocycles. The molecule has 0 bridgehead atoms. The van der Waals surface area contributed by atoms with Crippen LogP contribution >= 0.6 is 0 Å². The first kappa shape index (κ1) is 17.6. The SMILES string of the molecule is COc1ccccc1CCNC(=O)C1CCc2nc3cc(C)ccn3c2C1. The number of rotatable bonds is 5. The second kappa shape index (κ2) is 7.43. The van der Waals surface area contributed by atoms with Crippen molar-refractivity contribution in [2.75, 3.05) is 13.7 Å². The van der Waals surface area contributed by atoms with Crippen molar-refractivity contribution in [3.63, 3.8) is 0 Å². The van der Waals surface area contributed by atoms with Gasteiger partial charge in [-0.3, -0.25) is 4.79 Å². The predicted molar refractivity (Wildman–Crippen MR) is 105 cm³/mol. The molecule has 3 aromatic rings. The molecule has 0 spiro atoms. The van der Waals surface area contributed by atoms with Gasteiger partial charge in [0, 0.05) is 30.8 Å². The van der Waals surface area contributed by atoms with Gasteiger partial charge in [-0.1, -0.05) is 18.2 Å². The number of para-hydroxylation sites is 1. The number of carbonyl (C=O) groups excluding carboxylic acids is 1. The first-order chi connectivity index (χ1) is 13.2. The zero-order chi connectivity index (χ0) is 18.8. The zero-order valence-electron chi connectivity index (χ0n) is 15.9. The molecule has 2 aromatic heterocycles. The van der Waals surface area contributed by atoms with E-state index >= 15 is 0 Å². The van der Waals surface area contributed by atoms with Gasteiger partial charge in [0.15, 0.2) is 0 Å². The van der Waals surface area contributed by atoms with Crippen LogP contribution in [0.1, 0.15) is 28.9 Å². The van der Waals surface area contributed by atoms with Crippen LogP contribution in [0.4, 0.5) is 0 Å². The number of pyridine rings is 1. The molecule has 1 aromatic carbocycles. The van der Waals surface area contributed by atoms with Gasteiger partial charge in [0.25, 0.3) is 0 Å². The Hall–Kier alpha value is -2.82. The van der Waals surface area contributed by atoms with Gasteiger partial charge in [-0.05, 0) is 55.5 Å². The molecule has 5 heteroatoms. The number of hydrogen-bond donors (Lipinski definition) is 1. The third-order valence-electron chi connectivity index (χ3n) is 5.39. The molecule has 1 unspecified atom stereocenters. The third kappa shape index (κ3) is 3.54. The van der Waals surface area contributed by atoms with Crippen molar-refractivity contribution in [3.05, 3.63) is 65.1 Å². The number of ether oxygens (including phenoxy) is 1. The Labute approximate surface area is 159 Å². The Morgan fingerprint density at radius 3 is 3.04 bits per heavy atom. The molecule has 0 fully saturated rings. The van der Waals surface area contributed by atoms with Gasteiger partial charge >= 0.3 is 0 Å². The number of benzene rings is 1. The van der Waals surface area contributed by atoms with Crippen LogP contribution in [0.2, 0.25) is 0 Å². The number of methoxy groups -OCH3 is 1. The molecule has 1 N–H and O–H groups in total. The van der Waals surface area contributed by atoms with Crippen LogP contribution in [-0.4, -0.2) is 28.9 Å². The molecule has 0 aliphatic heterocycles. The predicted octanol–water partition coefficient (Wildman–Crippen LogP) is 3.12. The van der Waals surface area contributed by atoms with Crippen LogP contribution in [-0.2, 0) is 24.1 Å². The van der Waals surface area contributed by atoms with E-state index in [0.717, 1.165) is 48.3 Å². The highest BCUT2D eigenvalue weighted by atomic mass is 16.5. The lowest BCUT2D eigenvalue weighted by atomic mass is 9.89. The Morgan fingerprint density at radius 2 is 2.19 bits per heavy atom. The van der Waals surface area contributed by atoms with E-state index in [2.05, 4.69) is 35.0 Å². The summed E-state index contributed by atoms with van der Waals surface area (Å²) < 4.78 is 7.51. The number of amides is 1. The van der Waals surface area contributed by atoms with E-state index in [4.69, 9.17) is 9.72 Å². The number of aryl methyl sites for hydroxylation is 2. The number of carbonyl (C=O) groups is 1. The third-order valence-corrected chi connectivity index (χ3v) is 5.39. The average molecular weight is 363 g/mol. The van der Waals surface area contributed by atoms with Crippen LogP contribution in [0.25, 0.3) is 5.65 Å². The lowest BCUT2D eigenvalue weighted by Crippen LogP contribution is -2.35. The van der Waals surface area contributed by atoms with Gasteiger partial charge in [-0.25, -0.2) is 4.98 Å². The maximum absolute atomic E-state index is 12.7. The van der Waals surface area contributed by atoms with E-state index < -0.39 is 0 Å². The highest BCUT2D eigenvalue weighted by Gasteiger charge is 2.27. The first-order valence-electron chi connectivity index (χ1n) is 9.52. The summed E-state index contributed by atoms with van der Waals surface area (Å²) >= 11 is 0. The van der Waals surface area contributed by atoms with E-state index in [1.807, 2.05) is 24.3 Å². The fourth-order valence-corrected chi connectivity index (χ4v) is 3.91. The van der Waals surface area contributed by atoms with Crippen molar-refractivity contribution >= 4 is 11.6 Å². The Kier molecular flexibility index (Phi) is 4.84. The number of nitrogens with zero attached hydrogens (tertiary/aromatic N) is 2. The first-order valence-corrected chi connectivity index (χ1v) is 9.52. The molecule has 0 radical (unpaired) electrons. The van der Waals surface area contributed by atoms with E-state index in [-0.39, 0.29) is 11.8 Å². The minimum absolute atomic E-state index is 0.0105. The maximum Gasteiger partial charge on any atom is 0.223 e. The molecule has 5 nitrogen and oxygen atoms in total. The Balaban J connectivity index is 1.40. The summed E-state index contributed by atoms with van der Waals surface area (Å²) in [7, 11) is 1.68. The Bertz CT molecular complexity index is 977. The molecule has 2 heterocycles. The smallest absolute Gasteiger partial charge is 0.223 e. The fraction of sp³-hybridized carbons (Fsp3) is 0.364. The number of aromatic nitrogens is 2. The number of nitrogens with one attached hydrogen (secondary N) is 1. The van der Waals surface area contributed by atoms with Crippen molar-refractivity contribution < 1.29 is 9.53 Å². The maximum atomic E-state index is 12.7. The van der Waals surface area contributed by atoms with Crippen LogP contribution in [0.5, 0.6) is 5.75 Å². The van der Waals surface area contributed by atoms with E-state index in [9.17, 15) is 4.79 Å². The monoisotopic (exact) mass is 363 g/mol. The minimum atomic E-state index is 0.0105. The fourth-order valence-electron chi connectivity index (χ4n) is 3.91. The van der Waals surface area contributed by atoms with Crippen LogP contribution < -0.4 is 10.1 Å². The molecule has 27 heavy (non-hydrogen) atoms. The highest BCUT2D eigenvalue weighted by molar-refractivity contribution is 5.79. The molecular formula is C22H25N3O2. The molecule has 4 rings (SSSR count). The lowest BCUT2D eigenvalue weighted by molar-refractivity contribution is -0.125. The largest absolute Gasteiger partial charge is 0.496 e. The van der Waals surface area contributed by atoms with Crippen LogP contribution in [0.3, 0.4) is 0 Å². The molecule has 0 saturated heterocycles. The number of fused-ring (bicyclic) bond motifs is 3. The van der Waals surface area contributed by atoms with Gasteiger partial charge in [0.2, 0.25) is 5.91 Å². The van der Waals surface area contributed by atoms with E-state index in [1.165, 1.54) is 11.3 Å². The van der Waals surface area contributed by atoms with Gasteiger partial charge in [0.1, 0.15) is 11.4 Å². The van der Waals surface area contributed by atoms with Crippen LogP contribution in [0.15, 0.2) is 42.6 Å². The number of hydrogen-bond acceptors (Lipinski definition) is 3. The Morgan fingerprint density at radius 1 is 1.33 bits per heavy atom. The van der Waals surface area contributed by atoms with Gasteiger partial charge in [-0.2, -0.15) is 0 Å². The molecule has 140 valence electrons. The lowest BCUT2D eigenvalue weighted by Gasteiger charge is -2.21. The van der Waals surface area contributed by atoms with Gasteiger partial charge in [-0.15, -0.1) is 0 Å². The summed E-state index contributed by atoms with van der Waals surface area (Å²) in [6.45, 7) is 2.69. The second-order valence-corrected chi connectivity index (χ2v) is 7.23. The van der Waals surface area contributed by atoms with Gasteiger partial charge in [0.05, 0.1) is 12.8 Å².